The number of nitrogens with zero attached hydrogens (tertiary/aromatic N) is 1. The number of nitrogens with two attached hydrogens (primary N) is 1. The molecule has 0 saturated carbocycles. The molecular formula is C18H24N2O2S. The lowest BCUT2D eigenvalue weighted by Gasteiger charge is -2.17. The molecule has 2 aromatic rings. The molecule has 0 atom stereocenters. The van der Waals surface area contributed by atoms with Gasteiger partial charge in [0.15, 0.2) is 11.5 Å². The fourth-order valence-corrected chi connectivity index (χ4v) is 3.22. The zero-order valence-corrected chi connectivity index (χ0v) is 14.7. The summed E-state index contributed by atoms with van der Waals surface area (Å²) < 4.78 is 10.6. The Kier molecular flexibility index (Phi) is 6.62. The molecule has 0 radical (unpaired) electrons. The summed E-state index contributed by atoms with van der Waals surface area (Å²) in [4.78, 5) is 3.55. The van der Waals surface area contributed by atoms with Crippen LogP contribution in [0.25, 0.3) is 0 Å². The fourth-order valence-electron chi connectivity index (χ4n) is 2.25. The van der Waals surface area contributed by atoms with Crippen molar-refractivity contribution in [3.05, 3.63) is 48.0 Å². The average molecular weight is 332 g/mol. The van der Waals surface area contributed by atoms with Gasteiger partial charge in [-0.15, -0.1) is 11.8 Å². The van der Waals surface area contributed by atoms with E-state index >= 15 is 0 Å². The molecule has 2 aromatic carbocycles. The summed E-state index contributed by atoms with van der Waals surface area (Å²) >= 11 is 1.84. The number of hydrogen-bond acceptors (Lipinski definition) is 5. The predicted molar refractivity (Wildman–Crippen MR) is 97.5 cm³/mol. The number of ether oxygens (including phenoxy) is 2. The van der Waals surface area contributed by atoms with Crippen LogP contribution in [0.4, 0.5) is 5.69 Å². The Labute approximate surface area is 142 Å². The van der Waals surface area contributed by atoms with Gasteiger partial charge in [-0.2, -0.15) is 0 Å². The van der Waals surface area contributed by atoms with Gasteiger partial charge in [-0.05, 0) is 49.0 Å². The number of thioether (sulfide) groups is 1. The number of nitrogen functional groups attached to an aromatic ring is 1. The Morgan fingerprint density at radius 2 is 1.70 bits per heavy atom. The van der Waals surface area contributed by atoms with Crippen LogP contribution in [0.2, 0.25) is 0 Å². The molecule has 0 heterocycles. The first kappa shape index (κ1) is 17.5. The van der Waals surface area contributed by atoms with E-state index in [1.165, 1.54) is 10.5 Å². The minimum atomic E-state index is 0.762. The van der Waals surface area contributed by atoms with Gasteiger partial charge in [0.25, 0.3) is 0 Å². The Morgan fingerprint density at radius 1 is 1.00 bits per heavy atom. The maximum atomic E-state index is 5.70. The maximum Gasteiger partial charge on any atom is 0.161 e. The first-order valence-corrected chi connectivity index (χ1v) is 8.48. The van der Waals surface area contributed by atoms with E-state index in [0.29, 0.717) is 0 Å². The summed E-state index contributed by atoms with van der Waals surface area (Å²) in [6, 6.07) is 14.1. The monoisotopic (exact) mass is 332 g/mol. The van der Waals surface area contributed by atoms with Crippen molar-refractivity contribution in [2.24, 2.45) is 0 Å². The van der Waals surface area contributed by atoms with E-state index in [1.54, 1.807) is 14.2 Å². The van der Waals surface area contributed by atoms with Gasteiger partial charge in [0, 0.05) is 29.4 Å². The van der Waals surface area contributed by atoms with Crippen molar-refractivity contribution in [1.29, 1.82) is 0 Å². The molecule has 5 heteroatoms. The Morgan fingerprint density at radius 3 is 2.35 bits per heavy atom. The molecule has 0 fully saturated rings. The minimum absolute atomic E-state index is 0.762. The normalized spacial score (nSPS) is 10.8. The smallest absolute Gasteiger partial charge is 0.161 e. The summed E-state index contributed by atoms with van der Waals surface area (Å²) in [6.45, 7) is 1.88. The fraction of sp³-hybridized carbons (Fsp3) is 0.333. The highest BCUT2D eigenvalue weighted by Crippen LogP contribution is 2.28. The Hall–Kier alpha value is -1.85. The third kappa shape index (κ3) is 5.37. The molecule has 0 aliphatic heterocycles. The van der Waals surface area contributed by atoms with Crippen LogP contribution in [-0.2, 0) is 6.54 Å². The van der Waals surface area contributed by atoms with E-state index in [9.17, 15) is 0 Å². The van der Waals surface area contributed by atoms with Crippen molar-refractivity contribution in [2.45, 2.75) is 11.4 Å². The quantitative estimate of drug-likeness (QED) is 0.592. The predicted octanol–water partition coefficient (Wildman–Crippen LogP) is 3.51. The third-order valence-corrected chi connectivity index (χ3v) is 4.51. The lowest BCUT2D eigenvalue weighted by molar-refractivity contribution is 0.340. The van der Waals surface area contributed by atoms with Gasteiger partial charge in [-0.1, -0.05) is 6.07 Å². The molecule has 2 N–H and O–H groups in total. The summed E-state index contributed by atoms with van der Waals surface area (Å²) in [6.07, 6.45) is 0. The van der Waals surface area contributed by atoms with Crippen LogP contribution in [0.15, 0.2) is 47.4 Å². The molecule has 0 saturated heterocycles. The lowest BCUT2D eigenvalue weighted by atomic mass is 10.2. The van der Waals surface area contributed by atoms with Gasteiger partial charge in [-0.3, -0.25) is 0 Å². The number of anilines is 1. The van der Waals surface area contributed by atoms with Crippen LogP contribution < -0.4 is 15.2 Å². The van der Waals surface area contributed by atoms with Crippen molar-refractivity contribution in [1.82, 2.24) is 4.90 Å². The van der Waals surface area contributed by atoms with Crippen LogP contribution in [0, 0.1) is 0 Å². The van der Waals surface area contributed by atoms with E-state index in [0.717, 1.165) is 36.0 Å². The summed E-state index contributed by atoms with van der Waals surface area (Å²) in [7, 11) is 5.44. The second-order valence-electron chi connectivity index (χ2n) is 5.34. The summed E-state index contributed by atoms with van der Waals surface area (Å²) in [5.74, 6) is 2.57. The summed E-state index contributed by atoms with van der Waals surface area (Å²) in [5.41, 5.74) is 7.71. The standard InChI is InChI=1S/C18H24N2O2S/c1-20(10-11-23-16-7-5-15(19)6-8-16)13-14-4-9-17(21-2)18(12-14)22-3/h4-9,12H,10-11,13,19H2,1-3H3. The first-order chi connectivity index (χ1) is 11.1. The topological polar surface area (TPSA) is 47.7 Å². The highest BCUT2D eigenvalue weighted by atomic mass is 32.2. The second kappa shape index (κ2) is 8.70. The van der Waals surface area contributed by atoms with Crippen LogP contribution in [0.5, 0.6) is 11.5 Å². The van der Waals surface area contributed by atoms with E-state index in [-0.39, 0.29) is 0 Å². The van der Waals surface area contributed by atoms with E-state index < -0.39 is 0 Å². The zero-order valence-electron chi connectivity index (χ0n) is 13.9. The molecule has 0 spiro atoms. The van der Waals surface area contributed by atoms with Crippen LogP contribution in [0.1, 0.15) is 5.56 Å². The molecule has 124 valence electrons. The lowest BCUT2D eigenvalue weighted by Crippen LogP contribution is -2.20. The molecule has 23 heavy (non-hydrogen) atoms. The van der Waals surface area contributed by atoms with Gasteiger partial charge >= 0.3 is 0 Å². The molecular weight excluding hydrogens is 308 g/mol. The molecule has 0 bridgehead atoms. The van der Waals surface area contributed by atoms with Crippen molar-refractivity contribution in [3.63, 3.8) is 0 Å². The molecule has 0 unspecified atom stereocenters. The van der Waals surface area contributed by atoms with Crippen LogP contribution >= 0.6 is 11.8 Å². The van der Waals surface area contributed by atoms with Crippen molar-refractivity contribution in [3.8, 4) is 11.5 Å². The maximum absolute atomic E-state index is 5.70. The van der Waals surface area contributed by atoms with Gasteiger partial charge < -0.3 is 20.1 Å². The van der Waals surface area contributed by atoms with Crippen molar-refractivity contribution in [2.75, 3.05) is 39.3 Å². The molecule has 0 aliphatic carbocycles. The van der Waals surface area contributed by atoms with Gasteiger partial charge in [0.2, 0.25) is 0 Å². The number of methoxy groups -OCH3 is 2. The van der Waals surface area contributed by atoms with Crippen LogP contribution in [0.3, 0.4) is 0 Å². The molecule has 0 aromatic heterocycles. The second-order valence-corrected chi connectivity index (χ2v) is 6.51. The van der Waals surface area contributed by atoms with E-state index in [2.05, 4.69) is 30.1 Å². The van der Waals surface area contributed by atoms with Crippen molar-refractivity contribution >= 4 is 17.4 Å². The zero-order chi connectivity index (χ0) is 16.7. The van der Waals surface area contributed by atoms with Gasteiger partial charge in [-0.25, -0.2) is 0 Å². The minimum Gasteiger partial charge on any atom is -0.493 e. The number of benzene rings is 2. The van der Waals surface area contributed by atoms with Crippen LogP contribution in [-0.4, -0.2) is 38.5 Å². The highest BCUT2D eigenvalue weighted by molar-refractivity contribution is 7.99. The van der Waals surface area contributed by atoms with E-state index in [4.69, 9.17) is 15.2 Å². The van der Waals surface area contributed by atoms with Crippen molar-refractivity contribution < 1.29 is 9.47 Å². The largest absolute Gasteiger partial charge is 0.493 e. The average Bonchev–Trinajstić information content (AvgIpc) is 2.56. The highest BCUT2D eigenvalue weighted by Gasteiger charge is 2.07. The Bertz CT molecular complexity index is 617. The Balaban J connectivity index is 1.82. The molecule has 0 amide bonds. The van der Waals surface area contributed by atoms with E-state index in [1.807, 2.05) is 36.0 Å². The molecule has 0 aliphatic rings. The number of rotatable bonds is 8. The molecule has 2 rings (SSSR count). The first-order valence-electron chi connectivity index (χ1n) is 7.50. The van der Waals surface area contributed by atoms with Gasteiger partial charge in [0.05, 0.1) is 14.2 Å². The number of hydrogen-bond donors (Lipinski definition) is 1. The SMILES string of the molecule is COc1ccc(CN(C)CCSc2ccc(N)cc2)cc1OC. The molecule has 4 nitrogen and oxygen atoms in total. The summed E-state index contributed by atoms with van der Waals surface area (Å²) in [5, 5.41) is 0. The van der Waals surface area contributed by atoms with Gasteiger partial charge in [0.1, 0.15) is 0 Å². The third-order valence-electron chi connectivity index (χ3n) is 3.52.